The molecule has 0 atom stereocenters. The van der Waals surface area contributed by atoms with Crippen LogP contribution in [-0.2, 0) is 6.54 Å². The van der Waals surface area contributed by atoms with Crippen LogP contribution in [0.3, 0.4) is 0 Å². The number of thioether (sulfide) groups is 1. The molecule has 0 saturated carbocycles. The lowest BCUT2D eigenvalue weighted by Gasteiger charge is -2.21. The minimum atomic E-state index is -0.375. The Kier molecular flexibility index (Phi) is 5.67. The SMILES string of the molecule is N/C(=N/O)c1cc(F)cc(CNCC2CCSCC2)c1. The highest BCUT2D eigenvalue weighted by Gasteiger charge is 2.13. The Morgan fingerprint density at radius 3 is 2.85 bits per heavy atom. The third-order valence-electron chi connectivity index (χ3n) is 3.46. The Labute approximate surface area is 122 Å². The first-order valence-corrected chi connectivity index (χ1v) is 7.90. The van der Waals surface area contributed by atoms with Gasteiger partial charge in [0.2, 0.25) is 0 Å². The minimum Gasteiger partial charge on any atom is -0.409 e. The molecule has 1 aliphatic rings. The van der Waals surface area contributed by atoms with Crippen LogP contribution in [0.4, 0.5) is 4.39 Å². The molecule has 0 aliphatic carbocycles. The smallest absolute Gasteiger partial charge is 0.170 e. The minimum absolute atomic E-state index is 0.0740. The second-order valence-electron chi connectivity index (χ2n) is 5.02. The van der Waals surface area contributed by atoms with E-state index in [2.05, 4.69) is 10.5 Å². The summed E-state index contributed by atoms with van der Waals surface area (Å²) in [5, 5.41) is 14.9. The van der Waals surface area contributed by atoms with Crippen LogP contribution < -0.4 is 11.1 Å². The maximum absolute atomic E-state index is 13.5. The number of hydrogen-bond donors (Lipinski definition) is 3. The summed E-state index contributed by atoms with van der Waals surface area (Å²) >= 11 is 2.01. The summed E-state index contributed by atoms with van der Waals surface area (Å²) in [4.78, 5) is 0. The molecule has 1 heterocycles. The molecule has 6 heteroatoms. The van der Waals surface area contributed by atoms with Gasteiger partial charge in [0.15, 0.2) is 5.84 Å². The van der Waals surface area contributed by atoms with Gasteiger partial charge in [0.25, 0.3) is 0 Å². The molecule has 0 unspecified atom stereocenters. The van der Waals surface area contributed by atoms with Gasteiger partial charge in [0, 0.05) is 12.1 Å². The number of hydrogen-bond acceptors (Lipinski definition) is 4. The Balaban J connectivity index is 1.90. The Bertz CT molecular complexity index is 475. The number of oxime groups is 1. The summed E-state index contributed by atoms with van der Waals surface area (Å²) in [5.74, 6) is 2.74. The molecule has 1 saturated heterocycles. The fraction of sp³-hybridized carbons (Fsp3) is 0.500. The van der Waals surface area contributed by atoms with Gasteiger partial charge in [-0.15, -0.1) is 0 Å². The van der Waals surface area contributed by atoms with Crippen molar-refractivity contribution >= 4 is 17.6 Å². The maximum Gasteiger partial charge on any atom is 0.170 e. The molecule has 1 aliphatic heterocycles. The highest BCUT2D eigenvalue weighted by molar-refractivity contribution is 7.99. The number of nitrogens with two attached hydrogens (primary N) is 1. The van der Waals surface area contributed by atoms with Gasteiger partial charge in [-0.1, -0.05) is 5.16 Å². The molecule has 4 N–H and O–H groups in total. The third-order valence-corrected chi connectivity index (χ3v) is 4.51. The Morgan fingerprint density at radius 1 is 1.40 bits per heavy atom. The predicted molar refractivity (Wildman–Crippen MR) is 80.7 cm³/mol. The largest absolute Gasteiger partial charge is 0.409 e. The van der Waals surface area contributed by atoms with Crippen molar-refractivity contribution in [2.75, 3.05) is 18.1 Å². The van der Waals surface area contributed by atoms with Crippen LogP contribution in [0.2, 0.25) is 0 Å². The van der Waals surface area contributed by atoms with Crippen molar-refractivity contribution in [3.63, 3.8) is 0 Å². The quantitative estimate of drug-likeness (QED) is 0.337. The average Bonchev–Trinajstić information content (AvgIpc) is 2.47. The van der Waals surface area contributed by atoms with Gasteiger partial charge in [-0.2, -0.15) is 11.8 Å². The molecule has 0 radical (unpaired) electrons. The summed E-state index contributed by atoms with van der Waals surface area (Å²) < 4.78 is 13.5. The van der Waals surface area contributed by atoms with Crippen molar-refractivity contribution < 1.29 is 9.60 Å². The van der Waals surface area contributed by atoms with Crippen LogP contribution in [0.15, 0.2) is 23.4 Å². The monoisotopic (exact) mass is 297 g/mol. The number of benzene rings is 1. The number of nitrogens with one attached hydrogen (secondary N) is 1. The van der Waals surface area contributed by atoms with Gasteiger partial charge < -0.3 is 16.3 Å². The topological polar surface area (TPSA) is 70.6 Å². The van der Waals surface area contributed by atoms with Crippen LogP contribution in [0, 0.1) is 11.7 Å². The van der Waals surface area contributed by atoms with E-state index in [0.717, 1.165) is 12.1 Å². The van der Waals surface area contributed by atoms with Crippen LogP contribution in [-0.4, -0.2) is 29.1 Å². The van der Waals surface area contributed by atoms with E-state index in [4.69, 9.17) is 10.9 Å². The lowest BCUT2D eigenvalue weighted by atomic mass is 10.0. The molecule has 1 aromatic rings. The van der Waals surface area contributed by atoms with Crippen LogP contribution >= 0.6 is 11.8 Å². The lowest BCUT2D eigenvalue weighted by Crippen LogP contribution is -2.25. The number of amidine groups is 1. The van der Waals surface area contributed by atoms with Crippen molar-refractivity contribution in [1.82, 2.24) is 5.32 Å². The molecule has 110 valence electrons. The van der Waals surface area contributed by atoms with Crippen molar-refractivity contribution in [2.45, 2.75) is 19.4 Å². The van der Waals surface area contributed by atoms with Crippen molar-refractivity contribution in [2.24, 2.45) is 16.8 Å². The van der Waals surface area contributed by atoms with E-state index >= 15 is 0 Å². The fourth-order valence-electron chi connectivity index (χ4n) is 2.33. The number of nitrogens with zero attached hydrogens (tertiary/aromatic N) is 1. The fourth-order valence-corrected chi connectivity index (χ4v) is 3.53. The van der Waals surface area contributed by atoms with Crippen molar-refractivity contribution in [3.05, 3.63) is 35.1 Å². The Hall–Kier alpha value is -1.27. The number of halogens is 1. The second kappa shape index (κ2) is 7.50. The van der Waals surface area contributed by atoms with Gasteiger partial charge >= 0.3 is 0 Å². The molecule has 4 nitrogen and oxygen atoms in total. The van der Waals surface area contributed by atoms with Gasteiger partial charge in [-0.05, 0) is 60.6 Å². The molecule has 0 bridgehead atoms. The molecule has 0 amide bonds. The van der Waals surface area contributed by atoms with E-state index in [-0.39, 0.29) is 11.7 Å². The Morgan fingerprint density at radius 2 is 2.15 bits per heavy atom. The standard InChI is InChI=1S/C14H20FN3OS/c15-13-6-11(5-12(7-13)14(16)18-19)9-17-8-10-1-3-20-4-2-10/h5-7,10,17,19H,1-4,8-9H2,(H2,16,18). The molecule has 0 spiro atoms. The molecule has 0 aromatic heterocycles. The summed E-state index contributed by atoms with van der Waals surface area (Å²) in [6.45, 7) is 1.54. The molecular formula is C14H20FN3OS. The van der Waals surface area contributed by atoms with Crippen molar-refractivity contribution in [1.29, 1.82) is 0 Å². The molecule has 1 fully saturated rings. The van der Waals surface area contributed by atoms with E-state index in [0.29, 0.717) is 18.0 Å². The third kappa shape index (κ3) is 4.38. The highest BCUT2D eigenvalue weighted by Crippen LogP contribution is 2.22. The highest BCUT2D eigenvalue weighted by atomic mass is 32.2. The van der Waals surface area contributed by atoms with Crippen molar-refractivity contribution in [3.8, 4) is 0 Å². The zero-order chi connectivity index (χ0) is 14.4. The second-order valence-corrected chi connectivity index (χ2v) is 6.24. The molecular weight excluding hydrogens is 277 g/mol. The molecule has 20 heavy (non-hydrogen) atoms. The number of rotatable bonds is 5. The van der Waals surface area contributed by atoms with E-state index in [1.165, 1.54) is 36.5 Å². The van der Waals surface area contributed by atoms with E-state index in [1.807, 2.05) is 11.8 Å². The first kappa shape index (κ1) is 15.1. The zero-order valence-electron chi connectivity index (χ0n) is 11.3. The normalized spacial score (nSPS) is 17.4. The van der Waals surface area contributed by atoms with Gasteiger partial charge in [-0.25, -0.2) is 4.39 Å². The summed E-state index contributed by atoms with van der Waals surface area (Å²) in [5.41, 5.74) is 6.69. The zero-order valence-corrected chi connectivity index (χ0v) is 12.1. The molecule has 1 aromatic carbocycles. The predicted octanol–water partition coefficient (Wildman–Crippen LogP) is 2.15. The van der Waals surface area contributed by atoms with E-state index in [9.17, 15) is 4.39 Å². The average molecular weight is 297 g/mol. The van der Waals surface area contributed by atoms with Gasteiger partial charge in [-0.3, -0.25) is 0 Å². The van der Waals surface area contributed by atoms with Crippen LogP contribution in [0.25, 0.3) is 0 Å². The lowest BCUT2D eigenvalue weighted by molar-refractivity contribution is 0.318. The van der Waals surface area contributed by atoms with Crippen LogP contribution in [0.5, 0.6) is 0 Å². The molecule has 2 rings (SSSR count). The summed E-state index contributed by atoms with van der Waals surface area (Å²) in [6.07, 6.45) is 2.49. The summed E-state index contributed by atoms with van der Waals surface area (Å²) in [7, 11) is 0. The van der Waals surface area contributed by atoms with Gasteiger partial charge in [0.1, 0.15) is 5.82 Å². The maximum atomic E-state index is 13.5. The summed E-state index contributed by atoms with van der Waals surface area (Å²) in [6, 6.07) is 4.47. The first-order chi connectivity index (χ1) is 9.69. The van der Waals surface area contributed by atoms with E-state index in [1.54, 1.807) is 6.07 Å². The van der Waals surface area contributed by atoms with Crippen LogP contribution in [0.1, 0.15) is 24.0 Å². The first-order valence-electron chi connectivity index (χ1n) is 6.75. The van der Waals surface area contributed by atoms with Gasteiger partial charge in [0.05, 0.1) is 0 Å². The van der Waals surface area contributed by atoms with E-state index < -0.39 is 0 Å².